The highest BCUT2D eigenvalue weighted by Crippen LogP contribution is 2.47. The van der Waals surface area contributed by atoms with Crippen LogP contribution in [-0.4, -0.2) is 16.4 Å². The van der Waals surface area contributed by atoms with Crippen LogP contribution in [0.3, 0.4) is 0 Å². The first-order valence-electron chi connectivity index (χ1n) is 11.1. The summed E-state index contributed by atoms with van der Waals surface area (Å²) < 4.78 is 27.2. The first-order valence-corrected chi connectivity index (χ1v) is 11.1. The molecular weight excluding hydrogens is 394 g/mol. The van der Waals surface area contributed by atoms with Gasteiger partial charge in [0.15, 0.2) is 0 Å². The first-order chi connectivity index (χ1) is 15.0. The maximum absolute atomic E-state index is 13.8. The predicted octanol–water partition coefficient (Wildman–Crippen LogP) is 6.14. The third-order valence-electron chi connectivity index (χ3n) is 7.02. The smallest absolute Gasteiger partial charge is 0.251 e. The van der Waals surface area contributed by atoms with E-state index in [0.29, 0.717) is 17.4 Å². The standard InChI is InChI=1S/C26H26F2N2O/c27-20-3-1-2-19(14-20)25(31)30-26(11-12-26)16-17-4-6-18(7-5-17)22-10-13-29-24-9-8-21(28)15-23(22)24/h1-3,8-10,13-15,17-18H,4-7,11-12,16H2,(H,30,31). The molecule has 31 heavy (non-hydrogen) atoms. The zero-order chi connectivity index (χ0) is 21.4. The van der Waals surface area contributed by atoms with Gasteiger partial charge in [-0.1, -0.05) is 6.07 Å². The molecule has 160 valence electrons. The molecule has 5 heteroatoms. The Hall–Kier alpha value is -2.82. The fraction of sp³-hybridized carbons (Fsp3) is 0.385. The molecule has 0 atom stereocenters. The number of nitrogens with zero attached hydrogens (tertiary/aromatic N) is 1. The Balaban J connectivity index is 1.22. The summed E-state index contributed by atoms with van der Waals surface area (Å²) >= 11 is 0. The number of amides is 1. The SMILES string of the molecule is O=C(NC1(CC2CCC(c3ccnc4ccc(F)cc34)CC2)CC1)c1cccc(F)c1. The van der Waals surface area contributed by atoms with Crippen molar-refractivity contribution in [1.82, 2.24) is 10.3 Å². The molecule has 2 aliphatic carbocycles. The third kappa shape index (κ3) is 4.32. The quantitative estimate of drug-likeness (QED) is 0.539. The number of hydrogen-bond acceptors (Lipinski definition) is 2. The molecule has 3 aromatic rings. The van der Waals surface area contributed by atoms with E-state index in [4.69, 9.17) is 0 Å². The summed E-state index contributed by atoms with van der Waals surface area (Å²) in [6, 6.07) is 12.7. The molecule has 0 aliphatic heterocycles. The average Bonchev–Trinajstić information content (AvgIpc) is 3.52. The number of benzene rings is 2. The summed E-state index contributed by atoms with van der Waals surface area (Å²) in [4.78, 5) is 16.9. The summed E-state index contributed by atoms with van der Waals surface area (Å²) in [5.74, 6) is 0.187. The molecule has 1 N–H and O–H groups in total. The molecule has 2 fully saturated rings. The Kier molecular flexibility index (Phi) is 5.20. The zero-order valence-corrected chi connectivity index (χ0v) is 17.4. The molecule has 1 aromatic heterocycles. The van der Waals surface area contributed by atoms with Gasteiger partial charge in [-0.05, 0) is 105 Å². The van der Waals surface area contributed by atoms with Crippen LogP contribution < -0.4 is 5.32 Å². The average molecular weight is 421 g/mol. The van der Waals surface area contributed by atoms with Gasteiger partial charge in [0, 0.05) is 22.7 Å². The molecule has 0 radical (unpaired) electrons. The number of hydrogen-bond donors (Lipinski definition) is 1. The molecule has 0 saturated heterocycles. The lowest BCUT2D eigenvalue weighted by molar-refractivity contribution is 0.0920. The number of nitrogens with one attached hydrogen (secondary N) is 1. The molecule has 5 rings (SSSR count). The van der Waals surface area contributed by atoms with Gasteiger partial charge in [0.25, 0.3) is 5.91 Å². The summed E-state index contributed by atoms with van der Waals surface area (Å²) in [5, 5.41) is 4.10. The largest absolute Gasteiger partial charge is 0.347 e. The lowest BCUT2D eigenvalue weighted by Crippen LogP contribution is -2.38. The molecule has 2 aromatic carbocycles. The fourth-order valence-electron chi connectivity index (χ4n) is 5.20. The van der Waals surface area contributed by atoms with E-state index in [9.17, 15) is 13.6 Å². The van der Waals surface area contributed by atoms with Crippen molar-refractivity contribution in [3.8, 4) is 0 Å². The van der Waals surface area contributed by atoms with Crippen molar-refractivity contribution >= 4 is 16.8 Å². The Morgan fingerprint density at radius 1 is 1.00 bits per heavy atom. The molecular formula is C26H26F2N2O. The molecule has 2 saturated carbocycles. The summed E-state index contributed by atoms with van der Waals surface area (Å²) in [5.41, 5.74) is 2.29. The summed E-state index contributed by atoms with van der Waals surface area (Å²) in [6.07, 6.45) is 9.10. The van der Waals surface area contributed by atoms with Gasteiger partial charge >= 0.3 is 0 Å². The van der Waals surface area contributed by atoms with Gasteiger partial charge in [-0.3, -0.25) is 9.78 Å². The summed E-state index contributed by atoms with van der Waals surface area (Å²) in [6.45, 7) is 0. The topological polar surface area (TPSA) is 42.0 Å². The normalized spacial score (nSPS) is 22.3. The van der Waals surface area contributed by atoms with Gasteiger partial charge in [-0.25, -0.2) is 8.78 Å². The Labute approximate surface area is 180 Å². The number of pyridine rings is 1. The second-order valence-electron chi connectivity index (χ2n) is 9.23. The minimum atomic E-state index is -0.390. The molecule has 1 heterocycles. The third-order valence-corrected chi connectivity index (χ3v) is 7.02. The lowest BCUT2D eigenvalue weighted by atomic mass is 9.75. The number of halogens is 2. The van der Waals surface area contributed by atoms with Crippen LogP contribution in [0.1, 0.15) is 66.8 Å². The van der Waals surface area contributed by atoms with Crippen LogP contribution >= 0.6 is 0 Å². The minimum absolute atomic E-state index is 0.132. The van der Waals surface area contributed by atoms with Crippen LogP contribution in [0.15, 0.2) is 54.7 Å². The number of carbonyl (C=O) groups is 1. The van der Waals surface area contributed by atoms with E-state index < -0.39 is 0 Å². The van der Waals surface area contributed by atoms with E-state index in [2.05, 4.69) is 10.3 Å². The van der Waals surface area contributed by atoms with Crippen LogP contribution in [0.2, 0.25) is 0 Å². The van der Waals surface area contributed by atoms with Gasteiger partial charge < -0.3 is 5.32 Å². The lowest BCUT2D eigenvalue weighted by Gasteiger charge is -2.32. The van der Waals surface area contributed by atoms with Crippen LogP contribution in [0.5, 0.6) is 0 Å². The minimum Gasteiger partial charge on any atom is -0.347 e. The van der Waals surface area contributed by atoms with Crippen molar-refractivity contribution in [1.29, 1.82) is 0 Å². The summed E-state index contributed by atoms with van der Waals surface area (Å²) in [7, 11) is 0. The van der Waals surface area contributed by atoms with Gasteiger partial charge in [0.1, 0.15) is 11.6 Å². The maximum Gasteiger partial charge on any atom is 0.251 e. The first kappa shape index (κ1) is 20.1. The molecule has 2 aliphatic rings. The van der Waals surface area contributed by atoms with Crippen LogP contribution in [-0.2, 0) is 0 Å². The highest BCUT2D eigenvalue weighted by Gasteiger charge is 2.46. The number of aromatic nitrogens is 1. The van der Waals surface area contributed by atoms with Gasteiger partial charge in [0.2, 0.25) is 0 Å². The molecule has 1 amide bonds. The van der Waals surface area contributed by atoms with E-state index >= 15 is 0 Å². The Morgan fingerprint density at radius 2 is 1.77 bits per heavy atom. The Bertz CT molecular complexity index is 1120. The van der Waals surface area contributed by atoms with Crippen molar-refractivity contribution in [3.05, 3.63) is 77.5 Å². The van der Waals surface area contributed by atoms with E-state index in [1.165, 1.54) is 23.8 Å². The van der Waals surface area contributed by atoms with E-state index in [1.807, 2.05) is 12.3 Å². The highest BCUT2D eigenvalue weighted by molar-refractivity contribution is 5.94. The molecule has 0 unspecified atom stereocenters. The Morgan fingerprint density at radius 3 is 2.52 bits per heavy atom. The van der Waals surface area contributed by atoms with Crippen LogP contribution in [0, 0.1) is 17.6 Å². The van der Waals surface area contributed by atoms with Gasteiger partial charge in [-0.2, -0.15) is 0 Å². The van der Waals surface area contributed by atoms with E-state index in [0.717, 1.165) is 55.8 Å². The van der Waals surface area contributed by atoms with Gasteiger partial charge in [-0.15, -0.1) is 0 Å². The van der Waals surface area contributed by atoms with Crippen LogP contribution in [0.25, 0.3) is 10.9 Å². The van der Waals surface area contributed by atoms with Crippen molar-refractivity contribution < 1.29 is 13.6 Å². The van der Waals surface area contributed by atoms with Crippen molar-refractivity contribution in [2.45, 2.75) is 56.4 Å². The maximum atomic E-state index is 13.8. The van der Waals surface area contributed by atoms with E-state index in [-0.39, 0.29) is 23.1 Å². The zero-order valence-electron chi connectivity index (χ0n) is 17.4. The van der Waals surface area contributed by atoms with Gasteiger partial charge in [0.05, 0.1) is 5.52 Å². The molecule has 3 nitrogen and oxygen atoms in total. The van der Waals surface area contributed by atoms with Crippen LogP contribution in [0.4, 0.5) is 8.78 Å². The second-order valence-corrected chi connectivity index (χ2v) is 9.23. The van der Waals surface area contributed by atoms with Crippen molar-refractivity contribution in [2.75, 3.05) is 0 Å². The second kappa shape index (κ2) is 8.03. The van der Waals surface area contributed by atoms with Crippen molar-refractivity contribution in [2.24, 2.45) is 5.92 Å². The fourth-order valence-corrected chi connectivity index (χ4v) is 5.20. The molecule has 0 spiro atoms. The van der Waals surface area contributed by atoms with E-state index in [1.54, 1.807) is 24.3 Å². The number of fused-ring (bicyclic) bond motifs is 1. The number of carbonyl (C=O) groups excluding carboxylic acids is 1. The molecule has 0 bridgehead atoms. The highest BCUT2D eigenvalue weighted by atomic mass is 19.1. The monoisotopic (exact) mass is 420 g/mol. The predicted molar refractivity (Wildman–Crippen MR) is 117 cm³/mol. The number of rotatable bonds is 5. The van der Waals surface area contributed by atoms with Crippen molar-refractivity contribution in [3.63, 3.8) is 0 Å².